The zero-order valence-electron chi connectivity index (χ0n) is 6.59. The molecule has 0 spiro atoms. The Labute approximate surface area is 89.7 Å². The van der Waals surface area contributed by atoms with Crippen LogP contribution in [0.5, 0.6) is 0 Å². The summed E-state index contributed by atoms with van der Waals surface area (Å²) in [6.45, 7) is 1.76. The van der Waals surface area contributed by atoms with Crippen LogP contribution < -0.4 is 5.73 Å². The van der Waals surface area contributed by atoms with Crippen molar-refractivity contribution in [2.24, 2.45) is 10.9 Å². The Morgan fingerprint density at radius 2 is 2.08 bits per heavy atom. The summed E-state index contributed by atoms with van der Waals surface area (Å²) in [4.78, 5) is 14.7. The number of rotatable bonds is 2. The standard InChI is InChI=1S/C5H7Cl3N2O3/c1-2-12-4(11)13-10-3(9)5(6,7)8/h2H2,1H3,(H2,9,10). The number of nitrogens with zero attached hydrogens (tertiary/aromatic N) is 1. The van der Waals surface area contributed by atoms with Crippen molar-refractivity contribution in [3.8, 4) is 0 Å². The number of nitrogens with two attached hydrogens (primary N) is 1. The van der Waals surface area contributed by atoms with Crippen molar-refractivity contribution in [3.05, 3.63) is 0 Å². The summed E-state index contributed by atoms with van der Waals surface area (Å²) in [6, 6.07) is 0. The van der Waals surface area contributed by atoms with E-state index in [-0.39, 0.29) is 6.61 Å². The van der Waals surface area contributed by atoms with Crippen LogP contribution in [0.15, 0.2) is 5.16 Å². The molecule has 0 aromatic rings. The lowest BCUT2D eigenvalue weighted by atomic mass is 10.7. The minimum absolute atomic E-state index is 0.155. The number of alkyl halides is 3. The maximum absolute atomic E-state index is 10.5. The van der Waals surface area contributed by atoms with E-state index in [0.29, 0.717) is 0 Å². The van der Waals surface area contributed by atoms with E-state index in [4.69, 9.17) is 40.5 Å². The van der Waals surface area contributed by atoms with E-state index in [2.05, 4.69) is 14.7 Å². The van der Waals surface area contributed by atoms with Gasteiger partial charge in [0.05, 0.1) is 6.61 Å². The summed E-state index contributed by atoms with van der Waals surface area (Å²) in [7, 11) is 0. The van der Waals surface area contributed by atoms with Gasteiger partial charge in [0.2, 0.25) is 0 Å². The van der Waals surface area contributed by atoms with E-state index < -0.39 is 15.8 Å². The third-order valence-electron chi connectivity index (χ3n) is 0.771. The summed E-state index contributed by atoms with van der Waals surface area (Å²) in [5.74, 6) is -0.453. The second-order valence-corrected chi connectivity index (χ2v) is 4.03. The fourth-order valence-electron chi connectivity index (χ4n) is 0.282. The molecule has 0 aromatic heterocycles. The van der Waals surface area contributed by atoms with Crippen molar-refractivity contribution in [1.82, 2.24) is 0 Å². The number of halogens is 3. The summed E-state index contributed by atoms with van der Waals surface area (Å²) in [6.07, 6.45) is -1.01. The molecule has 8 heteroatoms. The highest BCUT2D eigenvalue weighted by Crippen LogP contribution is 2.25. The van der Waals surface area contributed by atoms with E-state index in [1.54, 1.807) is 6.92 Å². The fourth-order valence-corrected chi connectivity index (χ4v) is 0.386. The highest BCUT2D eigenvalue weighted by atomic mass is 35.6. The Kier molecular flexibility index (Phi) is 5.20. The molecule has 0 saturated carbocycles. The highest BCUT2D eigenvalue weighted by molar-refractivity contribution is 6.76. The monoisotopic (exact) mass is 248 g/mol. The summed E-state index contributed by atoms with van der Waals surface area (Å²) >= 11 is 15.9. The third kappa shape index (κ3) is 5.79. The van der Waals surface area contributed by atoms with Gasteiger partial charge in [0.25, 0.3) is 3.79 Å². The molecule has 0 aliphatic carbocycles. The SMILES string of the molecule is CCOC(=O)O/N=C(/N)C(Cl)(Cl)Cl. The van der Waals surface area contributed by atoms with Crippen LogP contribution in [0.1, 0.15) is 6.92 Å². The number of carbonyl (C=O) groups is 1. The first-order chi connectivity index (χ1) is 5.88. The highest BCUT2D eigenvalue weighted by Gasteiger charge is 2.26. The van der Waals surface area contributed by atoms with Crippen LogP contribution in [0.4, 0.5) is 4.79 Å². The number of carbonyl (C=O) groups excluding carboxylic acids is 1. The van der Waals surface area contributed by atoms with E-state index in [1.807, 2.05) is 0 Å². The maximum Gasteiger partial charge on any atom is 0.535 e. The largest absolute Gasteiger partial charge is 0.535 e. The number of ether oxygens (including phenoxy) is 1. The van der Waals surface area contributed by atoms with Gasteiger partial charge in [-0.25, -0.2) is 4.79 Å². The van der Waals surface area contributed by atoms with Gasteiger partial charge in [0.1, 0.15) is 0 Å². The first-order valence-corrected chi connectivity index (χ1v) is 4.25. The van der Waals surface area contributed by atoms with Crippen molar-refractivity contribution in [2.45, 2.75) is 10.7 Å². The maximum atomic E-state index is 10.5. The molecule has 0 saturated heterocycles. The Hall–Kier alpha value is -0.390. The van der Waals surface area contributed by atoms with Gasteiger partial charge in [0, 0.05) is 0 Å². The van der Waals surface area contributed by atoms with Crippen LogP contribution in [0.3, 0.4) is 0 Å². The predicted octanol–water partition coefficient (Wildman–Crippen LogP) is 1.80. The second kappa shape index (κ2) is 5.36. The predicted molar refractivity (Wildman–Crippen MR) is 50.0 cm³/mol. The van der Waals surface area contributed by atoms with Crippen molar-refractivity contribution in [3.63, 3.8) is 0 Å². The molecule has 76 valence electrons. The molecule has 0 radical (unpaired) electrons. The zero-order chi connectivity index (χ0) is 10.5. The van der Waals surface area contributed by atoms with E-state index in [0.717, 1.165) is 0 Å². The Morgan fingerprint density at radius 1 is 1.54 bits per heavy atom. The average Bonchev–Trinajstić information content (AvgIpc) is 1.99. The van der Waals surface area contributed by atoms with Crippen LogP contribution >= 0.6 is 34.8 Å². The first-order valence-electron chi connectivity index (χ1n) is 3.12. The topological polar surface area (TPSA) is 73.9 Å². The van der Waals surface area contributed by atoms with E-state index in [9.17, 15) is 4.79 Å². The lowest BCUT2D eigenvalue weighted by molar-refractivity contribution is 0.0611. The molecule has 5 nitrogen and oxygen atoms in total. The molecule has 0 fully saturated rings. The molecule has 0 bridgehead atoms. The Bertz CT molecular complexity index is 214. The molecule has 0 rings (SSSR count). The molecule has 0 atom stereocenters. The molecule has 0 unspecified atom stereocenters. The van der Waals surface area contributed by atoms with Gasteiger partial charge in [-0.05, 0) is 6.92 Å². The fraction of sp³-hybridized carbons (Fsp3) is 0.600. The van der Waals surface area contributed by atoms with Crippen molar-refractivity contribution < 1.29 is 14.4 Å². The zero-order valence-corrected chi connectivity index (χ0v) is 8.86. The van der Waals surface area contributed by atoms with Gasteiger partial charge >= 0.3 is 6.16 Å². The minimum atomic E-state index is -1.90. The summed E-state index contributed by atoms with van der Waals surface area (Å²) in [5.41, 5.74) is 5.12. The first kappa shape index (κ1) is 12.6. The Balaban J connectivity index is 4.05. The van der Waals surface area contributed by atoms with Gasteiger partial charge in [-0.3, -0.25) is 4.84 Å². The molecular weight excluding hydrogens is 242 g/mol. The molecular formula is C5H7Cl3N2O3. The van der Waals surface area contributed by atoms with Crippen molar-refractivity contribution >= 4 is 46.8 Å². The number of hydrogen-bond donors (Lipinski definition) is 1. The number of amidine groups is 1. The quantitative estimate of drug-likeness (QED) is 0.202. The molecule has 0 aliphatic heterocycles. The van der Waals surface area contributed by atoms with Gasteiger partial charge in [-0.2, -0.15) is 0 Å². The number of hydrogen-bond acceptors (Lipinski definition) is 4. The molecule has 2 N–H and O–H groups in total. The summed E-state index contributed by atoms with van der Waals surface area (Å²) < 4.78 is 2.46. The lowest BCUT2D eigenvalue weighted by Crippen LogP contribution is -2.28. The van der Waals surface area contributed by atoms with Crippen molar-refractivity contribution in [2.75, 3.05) is 6.61 Å². The molecule has 0 amide bonds. The van der Waals surface area contributed by atoms with Gasteiger partial charge in [-0.15, -0.1) is 0 Å². The minimum Gasteiger partial charge on any atom is -0.433 e. The van der Waals surface area contributed by atoms with Gasteiger partial charge in [0.15, 0.2) is 5.84 Å². The average molecular weight is 249 g/mol. The van der Waals surface area contributed by atoms with Crippen molar-refractivity contribution in [1.29, 1.82) is 0 Å². The smallest absolute Gasteiger partial charge is 0.433 e. The van der Waals surface area contributed by atoms with Crippen LogP contribution in [0.25, 0.3) is 0 Å². The van der Waals surface area contributed by atoms with Gasteiger partial charge < -0.3 is 10.5 Å². The van der Waals surface area contributed by atoms with Crippen LogP contribution in [0, 0.1) is 0 Å². The Morgan fingerprint density at radius 3 is 2.46 bits per heavy atom. The summed E-state index contributed by atoms with van der Waals surface area (Å²) in [5, 5.41) is 3.04. The molecule has 0 heterocycles. The molecule has 0 aromatic carbocycles. The van der Waals surface area contributed by atoms with Crippen LogP contribution in [0.2, 0.25) is 0 Å². The van der Waals surface area contributed by atoms with E-state index in [1.165, 1.54) is 0 Å². The second-order valence-electron chi connectivity index (χ2n) is 1.75. The van der Waals surface area contributed by atoms with E-state index >= 15 is 0 Å². The lowest BCUT2D eigenvalue weighted by Gasteiger charge is -2.07. The van der Waals surface area contributed by atoms with Gasteiger partial charge in [-0.1, -0.05) is 40.0 Å². The molecule has 0 aliphatic rings. The number of oxime groups is 1. The normalized spacial score (nSPS) is 12.5. The molecule has 13 heavy (non-hydrogen) atoms. The van der Waals surface area contributed by atoms with Crippen LogP contribution in [-0.4, -0.2) is 22.4 Å². The van der Waals surface area contributed by atoms with Crippen LogP contribution in [-0.2, 0) is 9.57 Å². The third-order valence-corrected chi connectivity index (χ3v) is 1.35.